The molecule has 1 aromatic heterocycles. The number of rotatable bonds is 3. The maximum absolute atomic E-state index is 12.3. The van der Waals surface area contributed by atoms with E-state index in [1.54, 1.807) is 0 Å². The van der Waals surface area contributed by atoms with Crippen molar-refractivity contribution in [2.75, 3.05) is 11.5 Å². The van der Waals surface area contributed by atoms with Gasteiger partial charge < -0.3 is 0 Å². The Labute approximate surface area is 109 Å². The Hall–Kier alpha value is -1.11. The largest absolute Gasteiger partial charge is 0.417 e. The molecule has 106 valence electrons. The smallest absolute Gasteiger partial charge is 0.261 e. The minimum atomic E-state index is -4.37. The highest BCUT2D eigenvalue weighted by molar-refractivity contribution is 7.91. The SMILES string of the molecule is O=S1(=O)CCC(CCc2ccc(C(F)(F)F)cn2)C1. The van der Waals surface area contributed by atoms with E-state index in [9.17, 15) is 21.6 Å². The molecule has 7 heteroatoms. The highest BCUT2D eigenvalue weighted by Gasteiger charge is 2.31. The number of halogens is 3. The molecule has 2 heterocycles. The van der Waals surface area contributed by atoms with Crippen molar-refractivity contribution in [3.63, 3.8) is 0 Å². The third-order valence-corrected chi connectivity index (χ3v) is 5.12. The standard InChI is InChI=1S/C12H14F3NO2S/c13-12(14,15)10-2-4-11(16-7-10)3-1-9-5-6-19(17,18)8-9/h2,4,7,9H,1,3,5-6,8H2. The second kappa shape index (κ2) is 5.11. The number of hydrogen-bond acceptors (Lipinski definition) is 3. The normalized spacial score (nSPS) is 22.6. The molecule has 1 unspecified atom stereocenters. The van der Waals surface area contributed by atoms with Crippen LogP contribution in [0.5, 0.6) is 0 Å². The van der Waals surface area contributed by atoms with Gasteiger partial charge in [-0.2, -0.15) is 13.2 Å². The Bertz CT molecular complexity index is 537. The van der Waals surface area contributed by atoms with Gasteiger partial charge in [-0.05, 0) is 37.3 Å². The summed E-state index contributed by atoms with van der Waals surface area (Å²) >= 11 is 0. The number of aryl methyl sites for hydroxylation is 1. The Balaban J connectivity index is 1.91. The van der Waals surface area contributed by atoms with Gasteiger partial charge >= 0.3 is 6.18 Å². The van der Waals surface area contributed by atoms with E-state index in [0.717, 1.165) is 12.3 Å². The summed E-state index contributed by atoms with van der Waals surface area (Å²) < 4.78 is 59.5. The molecule has 0 radical (unpaired) electrons. The first-order chi connectivity index (χ1) is 8.76. The van der Waals surface area contributed by atoms with Crippen LogP contribution in [-0.4, -0.2) is 24.9 Å². The van der Waals surface area contributed by atoms with Crippen LogP contribution < -0.4 is 0 Å². The molecule has 0 bridgehead atoms. The fourth-order valence-electron chi connectivity index (χ4n) is 2.19. The van der Waals surface area contributed by atoms with Crippen LogP contribution in [0.25, 0.3) is 0 Å². The molecule has 1 saturated heterocycles. The first-order valence-electron chi connectivity index (χ1n) is 5.99. The first-order valence-corrected chi connectivity index (χ1v) is 7.81. The lowest BCUT2D eigenvalue weighted by molar-refractivity contribution is -0.137. The summed E-state index contributed by atoms with van der Waals surface area (Å²) in [4.78, 5) is 3.77. The average molecular weight is 293 g/mol. The third-order valence-electron chi connectivity index (χ3n) is 3.29. The van der Waals surface area contributed by atoms with Crippen molar-refractivity contribution < 1.29 is 21.6 Å². The number of aromatic nitrogens is 1. The molecule has 0 aliphatic carbocycles. The fraction of sp³-hybridized carbons (Fsp3) is 0.583. The van der Waals surface area contributed by atoms with E-state index in [0.29, 0.717) is 25.0 Å². The van der Waals surface area contributed by atoms with Gasteiger partial charge in [-0.15, -0.1) is 0 Å². The first kappa shape index (κ1) is 14.3. The molecule has 2 rings (SSSR count). The minimum absolute atomic E-state index is 0.106. The van der Waals surface area contributed by atoms with Gasteiger partial charge in [-0.25, -0.2) is 8.42 Å². The molecule has 19 heavy (non-hydrogen) atoms. The zero-order valence-corrected chi connectivity index (χ0v) is 11.0. The molecule has 1 aliphatic heterocycles. The van der Waals surface area contributed by atoms with Crippen molar-refractivity contribution in [1.82, 2.24) is 4.98 Å². The van der Waals surface area contributed by atoms with E-state index in [2.05, 4.69) is 4.98 Å². The summed E-state index contributed by atoms with van der Waals surface area (Å²) in [6.45, 7) is 0. The van der Waals surface area contributed by atoms with Gasteiger partial charge in [-0.3, -0.25) is 4.98 Å². The molecule has 1 aromatic rings. The minimum Gasteiger partial charge on any atom is -0.261 e. The van der Waals surface area contributed by atoms with Gasteiger partial charge in [-0.1, -0.05) is 0 Å². The molecule has 1 aliphatic rings. The van der Waals surface area contributed by atoms with Crippen LogP contribution in [0.3, 0.4) is 0 Å². The molecule has 3 nitrogen and oxygen atoms in total. The van der Waals surface area contributed by atoms with E-state index in [1.807, 2.05) is 0 Å². The van der Waals surface area contributed by atoms with Crippen LogP contribution in [0.15, 0.2) is 18.3 Å². The van der Waals surface area contributed by atoms with Crippen molar-refractivity contribution in [3.8, 4) is 0 Å². The van der Waals surface area contributed by atoms with Gasteiger partial charge in [0.1, 0.15) is 0 Å². The fourth-order valence-corrected chi connectivity index (χ4v) is 4.10. The van der Waals surface area contributed by atoms with E-state index in [4.69, 9.17) is 0 Å². The van der Waals surface area contributed by atoms with E-state index in [1.165, 1.54) is 6.07 Å². The quantitative estimate of drug-likeness (QED) is 0.860. The highest BCUT2D eigenvalue weighted by atomic mass is 32.2. The maximum Gasteiger partial charge on any atom is 0.417 e. The lowest BCUT2D eigenvalue weighted by Gasteiger charge is -2.09. The molecule has 0 saturated carbocycles. The number of nitrogens with zero attached hydrogens (tertiary/aromatic N) is 1. The van der Waals surface area contributed by atoms with Crippen molar-refractivity contribution in [3.05, 3.63) is 29.6 Å². The number of hydrogen-bond donors (Lipinski definition) is 0. The maximum atomic E-state index is 12.3. The summed E-state index contributed by atoms with van der Waals surface area (Å²) in [6, 6.07) is 2.36. The lowest BCUT2D eigenvalue weighted by atomic mass is 10.0. The molecule has 1 atom stereocenters. The topological polar surface area (TPSA) is 47.0 Å². The molecule has 1 fully saturated rings. The second-order valence-electron chi connectivity index (χ2n) is 4.84. The Morgan fingerprint density at radius 1 is 1.32 bits per heavy atom. The Kier molecular flexibility index (Phi) is 3.85. The van der Waals surface area contributed by atoms with Gasteiger partial charge in [0.25, 0.3) is 0 Å². The van der Waals surface area contributed by atoms with Gasteiger partial charge in [0, 0.05) is 11.9 Å². The Morgan fingerprint density at radius 2 is 2.05 bits per heavy atom. The number of sulfone groups is 1. The molecule has 0 amide bonds. The highest BCUT2D eigenvalue weighted by Crippen LogP contribution is 2.29. The molecule has 0 N–H and O–H groups in total. The van der Waals surface area contributed by atoms with Crippen molar-refractivity contribution in [2.24, 2.45) is 5.92 Å². The molecule has 0 aromatic carbocycles. The van der Waals surface area contributed by atoms with Crippen LogP contribution in [0.4, 0.5) is 13.2 Å². The zero-order chi connectivity index (χ0) is 14.1. The number of alkyl halides is 3. The third kappa shape index (κ3) is 3.92. The van der Waals surface area contributed by atoms with Crippen molar-refractivity contribution in [2.45, 2.75) is 25.4 Å². The van der Waals surface area contributed by atoms with Crippen molar-refractivity contribution in [1.29, 1.82) is 0 Å². The average Bonchev–Trinajstić information content (AvgIpc) is 2.66. The van der Waals surface area contributed by atoms with E-state index in [-0.39, 0.29) is 17.4 Å². The van der Waals surface area contributed by atoms with Crippen LogP contribution >= 0.6 is 0 Å². The summed E-state index contributed by atoms with van der Waals surface area (Å²) in [5.41, 5.74) is -0.197. The van der Waals surface area contributed by atoms with E-state index >= 15 is 0 Å². The van der Waals surface area contributed by atoms with Crippen LogP contribution in [0, 0.1) is 5.92 Å². The van der Waals surface area contributed by atoms with Crippen LogP contribution in [-0.2, 0) is 22.4 Å². The molecular weight excluding hydrogens is 279 g/mol. The Morgan fingerprint density at radius 3 is 2.53 bits per heavy atom. The van der Waals surface area contributed by atoms with Gasteiger partial charge in [0.05, 0.1) is 17.1 Å². The second-order valence-corrected chi connectivity index (χ2v) is 7.07. The lowest BCUT2D eigenvalue weighted by Crippen LogP contribution is -2.08. The van der Waals surface area contributed by atoms with Gasteiger partial charge in [0.2, 0.25) is 0 Å². The van der Waals surface area contributed by atoms with Crippen molar-refractivity contribution >= 4 is 9.84 Å². The summed E-state index contributed by atoms with van der Waals surface area (Å²) in [5, 5.41) is 0. The van der Waals surface area contributed by atoms with E-state index < -0.39 is 21.6 Å². The summed E-state index contributed by atoms with van der Waals surface area (Å²) in [5.74, 6) is 0.514. The predicted molar refractivity (Wildman–Crippen MR) is 64.3 cm³/mol. The zero-order valence-electron chi connectivity index (χ0n) is 10.2. The van der Waals surface area contributed by atoms with Crippen LogP contribution in [0.1, 0.15) is 24.1 Å². The molecular formula is C12H14F3NO2S. The monoisotopic (exact) mass is 293 g/mol. The van der Waals surface area contributed by atoms with Crippen LogP contribution in [0.2, 0.25) is 0 Å². The summed E-state index contributed by atoms with van der Waals surface area (Å²) in [7, 11) is -2.90. The number of pyridine rings is 1. The molecule has 0 spiro atoms. The predicted octanol–water partition coefficient (Wildman–Crippen LogP) is 2.47. The van der Waals surface area contributed by atoms with Gasteiger partial charge in [0.15, 0.2) is 9.84 Å². The summed E-state index contributed by atoms with van der Waals surface area (Å²) in [6.07, 6.45) is -1.75.